The van der Waals surface area contributed by atoms with Crippen molar-refractivity contribution in [2.45, 2.75) is 25.7 Å². The number of anilines is 1. The van der Waals surface area contributed by atoms with E-state index < -0.39 is 0 Å². The number of para-hydroxylation sites is 1. The molecule has 2 N–H and O–H groups in total. The van der Waals surface area contributed by atoms with Gasteiger partial charge in [-0.05, 0) is 25.8 Å². The van der Waals surface area contributed by atoms with Crippen molar-refractivity contribution >= 4 is 45.2 Å². The normalized spacial score (nSPS) is 18.0. The van der Waals surface area contributed by atoms with E-state index in [-0.39, 0.29) is 29.6 Å². The molecule has 31 heavy (non-hydrogen) atoms. The van der Waals surface area contributed by atoms with Gasteiger partial charge in [0.1, 0.15) is 5.92 Å². The molecule has 8 nitrogen and oxygen atoms in total. The Morgan fingerprint density at radius 3 is 2.90 bits per heavy atom. The van der Waals surface area contributed by atoms with Crippen LogP contribution in [0.25, 0.3) is 10.9 Å². The summed E-state index contributed by atoms with van der Waals surface area (Å²) < 4.78 is 5.13. The molecule has 0 spiro atoms. The number of aromatic amines is 1. The molecular weight excluding hydrogens is 416 g/mol. The van der Waals surface area contributed by atoms with Gasteiger partial charge in [-0.25, -0.2) is 4.98 Å². The van der Waals surface area contributed by atoms with Gasteiger partial charge in [0.2, 0.25) is 5.91 Å². The topological polar surface area (TPSA) is 104 Å². The van der Waals surface area contributed by atoms with Crippen LogP contribution in [0.5, 0.6) is 0 Å². The first kappa shape index (κ1) is 19.7. The Balaban J connectivity index is 1.19. The zero-order valence-corrected chi connectivity index (χ0v) is 17.8. The summed E-state index contributed by atoms with van der Waals surface area (Å²) in [6, 6.07) is 7.66. The number of nitrogens with one attached hydrogen (secondary N) is 2. The second-order valence-corrected chi connectivity index (χ2v) is 8.90. The van der Waals surface area contributed by atoms with Crippen LogP contribution in [0, 0.1) is 5.92 Å². The number of fused-ring (bicyclic) bond motifs is 2. The van der Waals surface area contributed by atoms with Crippen LogP contribution in [0.2, 0.25) is 0 Å². The molecule has 9 heteroatoms. The first-order valence-electron chi connectivity index (χ1n) is 10.4. The van der Waals surface area contributed by atoms with Crippen LogP contribution >= 0.6 is 11.3 Å². The molecule has 1 unspecified atom stereocenters. The highest BCUT2D eigenvalue weighted by atomic mass is 32.1. The van der Waals surface area contributed by atoms with Crippen LogP contribution in [0.3, 0.4) is 0 Å². The third kappa shape index (κ3) is 3.48. The first-order valence-corrected chi connectivity index (χ1v) is 11.2. The van der Waals surface area contributed by atoms with Crippen LogP contribution in [-0.4, -0.2) is 52.3 Å². The van der Waals surface area contributed by atoms with Gasteiger partial charge >= 0.3 is 5.97 Å². The summed E-state index contributed by atoms with van der Waals surface area (Å²) in [6.45, 7) is 2.88. The van der Waals surface area contributed by atoms with Crippen molar-refractivity contribution in [2.75, 3.05) is 25.0 Å². The maximum atomic E-state index is 12.8. The molecular formula is C22H22N4O4S. The van der Waals surface area contributed by atoms with Crippen molar-refractivity contribution in [2.24, 2.45) is 5.92 Å². The first-order chi connectivity index (χ1) is 15.0. The van der Waals surface area contributed by atoms with Gasteiger partial charge in [0.25, 0.3) is 5.91 Å². The maximum absolute atomic E-state index is 12.8. The van der Waals surface area contributed by atoms with Gasteiger partial charge in [-0.2, -0.15) is 0 Å². The number of hydrogen-bond acceptors (Lipinski definition) is 6. The Kier molecular flexibility index (Phi) is 4.97. The van der Waals surface area contributed by atoms with Crippen molar-refractivity contribution in [3.8, 4) is 0 Å². The molecule has 160 valence electrons. The fourth-order valence-corrected chi connectivity index (χ4v) is 5.23. The van der Waals surface area contributed by atoms with E-state index in [2.05, 4.69) is 15.3 Å². The summed E-state index contributed by atoms with van der Waals surface area (Å²) in [6.07, 6.45) is 3.19. The van der Waals surface area contributed by atoms with Gasteiger partial charge in [0.05, 0.1) is 23.8 Å². The number of H-pyrrole nitrogens is 1. The van der Waals surface area contributed by atoms with E-state index in [0.29, 0.717) is 36.8 Å². The number of carbonyl (C=O) groups excluding carboxylic acids is 3. The van der Waals surface area contributed by atoms with Crippen LogP contribution in [-0.2, 0) is 20.7 Å². The number of ether oxygens (including phenoxy) is 1. The van der Waals surface area contributed by atoms with Gasteiger partial charge < -0.3 is 19.9 Å². The molecule has 2 aliphatic rings. The number of aryl methyl sites for hydroxylation is 1. The number of benzene rings is 1. The fourth-order valence-electron chi connectivity index (χ4n) is 4.19. The second-order valence-electron chi connectivity index (χ2n) is 7.81. The Bertz CT molecular complexity index is 1180. The number of hydrogen-bond donors (Lipinski definition) is 2. The van der Waals surface area contributed by atoms with Crippen molar-refractivity contribution in [1.82, 2.24) is 14.9 Å². The molecule has 1 aliphatic carbocycles. The Morgan fingerprint density at radius 2 is 2.10 bits per heavy atom. The summed E-state index contributed by atoms with van der Waals surface area (Å²) in [4.78, 5) is 47.8. The lowest BCUT2D eigenvalue weighted by atomic mass is 9.98. The van der Waals surface area contributed by atoms with Crippen LogP contribution < -0.4 is 5.32 Å². The van der Waals surface area contributed by atoms with E-state index in [0.717, 1.165) is 27.9 Å². The summed E-state index contributed by atoms with van der Waals surface area (Å²) in [5, 5.41) is 4.25. The van der Waals surface area contributed by atoms with Crippen LogP contribution in [0.4, 0.5) is 5.13 Å². The molecule has 1 aromatic carbocycles. The van der Waals surface area contributed by atoms with E-state index in [1.54, 1.807) is 18.0 Å². The molecule has 1 aliphatic heterocycles. The number of aromatic nitrogens is 2. The number of likely N-dealkylation sites (tertiary alicyclic amines) is 1. The molecule has 3 heterocycles. The standard InChI is InChI=1S/C22H22N4O4S/c1-2-30-21(29)14-7-8-17-18(14)24-22(31-17)25-19(27)12-10-26(11-12)20(28)15-9-23-16-6-4-3-5-13(15)16/h3-6,9,12,14,23H,2,7-8,10-11H2,1H3,(H,24,25,27). The van der Waals surface area contributed by atoms with Crippen molar-refractivity contribution < 1.29 is 19.1 Å². The zero-order chi connectivity index (χ0) is 21.5. The van der Waals surface area contributed by atoms with Crippen molar-refractivity contribution in [3.05, 3.63) is 46.6 Å². The molecule has 5 rings (SSSR count). The maximum Gasteiger partial charge on any atom is 0.315 e. The van der Waals surface area contributed by atoms with E-state index in [9.17, 15) is 14.4 Å². The van der Waals surface area contributed by atoms with Gasteiger partial charge in [0.15, 0.2) is 5.13 Å². The van der Waals surface area contributed by atoms with Gasteiger partial charge in [0, 0.05) is 35.1 Å². The predicted octanol–water partition coefficient (Wildman–Crippen LogP) is 2.93. The van der Waals surface area contributed by atoms with Gasteiger partial charge in [-0.15, -0.1) is 11.3 Å². The molecule has 3 aromatic rings. The largest absolute Gasteiger partial charge is 0.465 e. The minimum Gasteiger partial charge on any atom is -0.465 e. The lowest BCUT2D eigenvalue weighted by Crippen LogP contribution is -2.54. The number of thiazole rings is 1. The summed E-state index contributed by atoms with van der Waals surface area (Å²) >= 11 is 1.41. The molecule has 0 bridgehead atoms. The predicted molar refractivity (Wildman–Crippen MR) is 116 cm³/mol. The highest BCUT2D eigenvalue weighted by Crippen LogP contribution is 2.39. The van der Waals surface area contributed by atoms with Gasteiger partial charge in [-0.3, -0.25) is 14.4 Å². The average Bonchev–Trinajstić information content (AvgIpc) is 3.40. The Hall–Kier alpha value is -3.20. The van der Waals surface area contributed by atoms with E-state index in [1.807, 2.05) is 24.3 Å². The molecule has 2 aromatic heterocycles. The minimum atomic E-state index is -0.343. The Labute approximate surface area is 182 Å². The lowest BCUT2D eigenvalue weighted by molar-refractivity contribution is -0.145. The lowest BCUT2D eigenvalue weighted by Gasteiger charge is -2.37. The number of esters is 1. The summed E-state index contributed by atoms with van der Waals surface area (Å²) in [5.74, 6) is -1.09. The number of amides is 2. The molecule has 2 amide bonds. The highest BCUT2D eigenvalue weighted by molar-refractivity contribution is 7.16. The average molecular weight is 439 g/mol. The second kappa shape index (κ2) is 7.81. The monoisotopic (exact) mass is 438 g/mol. The van der Waals surface area contributed by atoms with E-state index in [1.165, 1.54) is 11.3 Å². The molecule has 0 radical (unpaired) electrons. The van der Waals surface area contributed by atoms with Crippen molar-refractivity contribution in [3.63, 3.8) is 0 Å². The summed E-state index contributed by atoms with van der Waals surface area (Å²) in [5.41, 5.74) is 2.26. The SMILES string of the molecule is CCOC(=O)C1CCc2sc(NC(=O)C3CN(C(=O)c4c[nH]c5ccccc45)C3)nc21. The third-order valence-corrected chi connectivity index (χ3v) is 6.92. The van der Waals surface area contributed by atoms with Crippen LogP contribution in [0.1, 0.15) is 40.2 Å². The zero-order valence-electron chi connectivity index (χ0n) is 17.0. The highest BCUT2D eigenvalue weighted by Gasteiger charge is 2.38. The Morgan fingerprint density at radius 1 is 1.29 bits per heavy atom. The van der Waals surface area contributed by atoms with E-state index >= 15 is 0 Å². The van der Waals surface area contributed by atoms with Crippen molar-refractivity contribution in [1.29, 1.82) is 0 Å². The summed E-state index contributed by atoms with van der Waals surface area (Å²) in [7, 11) is 0. The number of carbonyl (C=O) groups is 3. The molecule has 0 saturated carbocycles. The molecule has 1 saturated heterocycles. The van der Waals surface area contributed by atoms with E-state index in [4.69, 9.17) is 4.74 Å². The number of nitrogens with zero attached hydrogens (tertiary/aromatic N) is 2. The quantitative estimate of drug-likeness (QED) is 0.596. The van der Waals surface area contributed by atoms with Crippen LogP contribution in [0.15, 0.2) is 30.5 Å². The van der Waals surface area contributed by atoms with Gasteiger partial charge in [-0.1, -0.05) is 18.2 Å². The molecule has 1 fully saturated rings. The minimum absolute atomic E-state index is 0.0768. The smallest absolute Gasteiger partial charge is 0.315 e. The third-order valence-electron chi connectivity index (χ3n) is 5.88. The fraction of sp³-hybridized carbons (Fsp3) is 0.364. The number of rotatable bonds is 5. The molecule has 1 atom stereocenters.